The van der Waals surface area contributed by atoms with Gasteiger partial charge in [-0.15, -0.1) is 0 Å². The highest BCUT2D eigenvalue weighted by Crippen LogP contribution is 2.34. The Kier molecular flexibility index (Phi) is 6.14. The average molecular weight is 390 g/mol. The second-order valence-electron chi connectivity index (χ2n) is 5.87. The summed E-state index contributed by atoms with van der Waals surface area (Å²) < 4.78 is 37.1. The summed E-state index contributed by atoms with van der Waals surface area (Å²) in [4.78, 5) is 0. The molecule has 0 aliphatic rings. The minimum Gasteiger partial charge on any atom is -0.493 e. The molecule has 0 aromatic heterocycles. The van der Waals surface area contributed by atoms with E-state index in [2.05, 4.69) is 5.32 Å². The first-order valence-electron chi connectivity index (χ1n) is 8.28. The fourth-order valence-electron chi connectivity index (χ4n) is 2.49. The Balaban J connectivity index is 1.70. The van der Waals surface area contributed by atoms with E-state index in [1.807, 2.05) is 0 Å². The number of anilines is 1. The van der Waals surface area contributed by atoms with Crippen molar-refractivity contribution >= 4 is 17.3 Å². The fraction of sp³-hybridized carbons (Fsp3) is 0.143. The van der Waals surface area contributed by atoms with Crippen molar-refractivity contribution in [3.63, 3.8) is 0 Å². The van der Waals surface area contributed by atoms with Crippen molar-refractivity contribution in [2.45, 2.75) is 13.2 Å². The first-order valence-corrected chi connectivity index (χ1v) is 8.66. The lowest BCUT2D eigenvalue weighted by atomic mass is 10.2. The number of benzene rings is 3. The van der Waals surface area contributed by atoms with Crippen LogP contribution in [0.15, 0.2) is 60.7 Å². The molecule has 0 radical (unpaired) electrons. The van der Waals surface area contributed by atoms with E-state index >= 15 is 0 Å². The quantitative estimate of drug-likeness (QED) is 0.552. The Morgan fingerprint density at radius 2 is 1.52 bits per heavy atom. The molecule has 27 heavy (non-hydrogen) atoms. The van der Waals surface area contributed by atoms with Gasteiger partial charge in [-0.25, -0.2) is 8.78 Å². The van der Waals surface area contributed by atoms with E-state index in [1.165, 1.54) is 24.3 Å². The van der Waals surface area contributed by atoms with Gasteiger partial charge in [0.05, 0.1) is 7.11 Å². The zero-order valence-corrected chi connectivity index (χ0v) is 15.4. The van der Waals surface area contributed by atoms with Gasteiger partial charge in [0.15, 0.2) is 11.5 Å². The fourth-order valence-corrected chi connectivity index (χ4v) is 2.71. The topological polar surface area (TPSA) is 30.5 Å². The van der Waals surface area contributed by atoms with Crippen LogP contribution < -0.4 is 14.8 Å². The molecular weight excluding hydrogens is 372 g/mol. The molecule has 3 rings (SSSR count). The average Bonchev–Trinajstić information content (AvgIpc) is 2.68. The van der Waals surface area contributed by atoms with Gasteiger partial charge in [0, 0.05) is 23.3 Å². The van der Waals surface area contributed by atoms with Crippen LogP contribution in [-0.2, 0) is 13.2 Å². The number of nitrogens with one attached hydrogen (secondary N) is 1. The van der Waals surface area contributed by atoms with Gasteiger partial charge in [0.1, 0.15) is 18.2 Å². The highest BCUT2D eigenvalue weighted by atomic mass is 35.5. The Morgan fingerprint density at radius 1 is 0.889 bits per heavy atom. The molecule has 3 nitrogen and oxygen atoms in total. The lowest BCUT2D eigenvalue weighted by Gasteiger charge is -2.15. The van der Waals surface area contributed by atoms with Crippen LogP contribution in [0, 0.1) is 11.6 Å². The summed E-state index contributed by atoms with van der Waals surface area (Å²) in [5.74, 6) is 0.454. The zero-order valence-electron chi connectivity index (χ0n) is 14.6. The molecule has 0 bridgehead atoms. The van der Waals surface area contributed by atoms with Crippen LogP contribution in [0.5, 0.6) is 11.5 Å². The zero-order chi connectivity index (χ0) is 19.2. The van der Waals surface area contributed by atoms with E-state index in [9.17, 15) is 8.78 Å². The van der Waals surface area contributed by atoms with Crippen molar-refractivity contribution in [1.82, 2.24) is 0 Å². The van der Waals surface area contributed by atoms with Crippen molar-refractivity contribution in [2.75, 3.05) is 12.4 Å². The summed E-state index contributed by atoms with van der Waals surface area (Å²) in [6.07, 6.45) is 0. The van der Waals surface area contributed by atoms with Crippen LogP contribution in [0.3, 0.4) is 0 Å². The van der Waals surface area contributed by atoms with Crippen molar-refractivity contribution in [3.8, 4) is 11.5 Å². The third-order valence-electron chi connectivity index (χ3n) is 3.97. The number of ether oxygens (including phenoxy) is 2. The maximum absolute atomic E-state index is 13.0. The molecule has 0 saturated carbocycles. The molecule has 140 valence electrons. The van der Waals surface area contributed by atoms with Crippen molar-refractivity contribution in [2.24, 2.45) is 0 Å². The third-order valence-corrected chi connectivity index (χ3v) is 4.32. The first kappa shape index (κ1) is 19.0. The SMILES string of the molecule is COc1cc(CNc2ccc(F)cc2)c(Cl)cc1OCc1ccc(F)cc1. The van der Waals surface area contributed by atoms with Crippen LogP contribution in [0.2, 0.25) is 5.02 Å². The molecule has 0 aliphatic heterocycles. The van der Waals surface area contributed by atoms with Crippen molar-refractivity contribution in [1.29, 1.82) is 0 Å². The van der Waals surface area contributed by atoms with Crippen LogP contribution in [0.25, 0.3) is 0 Å². The van der Waals surface area contributed by atoms with Crippen LogP contribution in [0.1, 0.15) is 11.1 Å². The molecule has 1 N–H and O–H groups in total. The van der Waals surface area contributed by atoms with Gasteiger partial charge < -0.3 is 14.8 Å². The molecule has 0 spiro atoms. The highest BCUT2D eigenvalue weighted by Gasteiger charge is 2.11. The van der Waals surface area contributed by atoms with Crippen molar-refractivity contribution in [3.05, 3.63) is 88.4 Å². The molecule has 0 heterocycles. The maximum Gasteiger partial charge on any atom is 0.163 e. The van der Waals surface area contributed by atoms with Crippen LogP contribution in [0.4, 0.5) is 14.5 Å². The maximum atomic E-state index is 13.0. The molecule has 0 aliphatic carbocycles. The molecule has 0 unspecified atom stereocenters. The molecule has 6 heteroatoms. The number of hydrogen-bond acceptors (Lipinski definition) is 3. The summed E-state index contributed by atoms with van der Waals surface area (Å²) in [5.41, 5.74) is 2.42. The van der Waals surface area contributed by atoms with E-state index in [0.717, 1.165) is 16.8 Å². The van der Waals surface area contributed by atoms with Gasteiger partial charge in [0.25, 0.3) is 0 Å². The first-order chi connectivity index (χ1) is 13.0. The number of methoxy groups -OCH3 is 1. The standard InChI is InChI=1S/C21H18ClF2NO2/c1-26-20-10-15(12-25-18-8-6-17(24)7-9-18)19(22)11-21(20)27-13-14-2-4-16(23)5-3-14/h2-11,25H,12-13H2,1H3. The van der Waals surface area contributed by atoms with E-state index in [-0.39, 0.29) is 18.2 Å². The van der Waals surface area contributed by atoms with Crippen LogP contribution in [-0.4, -0.2) is 7.11 Å². The summed E-state index contributed by atoms with van der Waals surface area (Å²) in [6.45, 7) is 0.708. The Hall–Kier alpha value is -2.79. The predicted octanol–water partition coefficient (Wildman–Crippen LogP) is 5.82. The Morgan fingerprint density at radius 3 is 2.15 bits per heavy atom. The Bertz CT molecular complexity index is 899. The summed E-state index contributed by atoms with van der Waals surface area (Å²) in [6, 6.07) is 15.6. The minimum absolute atomic E-state index is 0.264. The second-order valence-corrected chi connectivity index (χ2v) is 6.28. The van der Waals surface area contributed by atoms with E-state index < -0.39 is 0 Å². The molecule has 0 fully saturated rings. The largest absolute Gasteiger partial charge is 0.493 e. The lowest BCUT2D eigenvalue weighted by Crippen LogP contribution is -2.03. The predicted molar refractivity (Wildman–Crippen MR) is 102 cm³/mol. The monoisotopic (exact) mass is 389 g/mol. The number of halogens is 3. The van der Waals surface area contributed by atoms with Crippen LogP contribution >= 0.6 is 11.6 Å². The molecule has 3 aromatic rings. The third kappa shape index (κ3) is 5.11. The molecular formula is C21H18ClF2NO2. The van der Waals surface area contributed by atoms with Gasteiger partial charge in [-0.1, -0.05) is 23.7 Å². The summed E-state index contributed by atoms with van der Waals surface area (Å²) >= 11 is 6.37. The molecule has 0 amide bonds. The van der Waals surface area contributed by atoms with Gasteiger partial charge >= 0.3 is 0 Å². The molecule has 3 aromatic carbocycles. The van der Waals surface area contributed by atoms with Gasteiger partial charge in [0.2, 0.25) is 0 Å². The van der Waals surface area contributed by atoms with Gasteiger partial charge in [-0.05, 0) is 53.6 Å². The molecule has 0 saturated heterocycles. The second kappa shape index (κ2) is 8.73. The Labute approximate surface area is 161 Å². The number of hydrogen-bond donors (Lipinski definition) is 1. The van der Waals surface area contributed by atoms with Crippen molar-refractivity contribution < 1.29 is 18.3 Å². The van der Waals surface area contributed by atoms with Gasteiger partial charge in [-0.3, -0.25) is 0 Å². The smallest absolute Gasteiger partial charge is 0.163 e. The van der Waals surface area contributed by atoms with E-state index in [4.69, 9.17) is 21.1 Å². The summed E-state index contributed by atoms with van der Waals surface area (Å²) in [7, 11) is 1.55. The van der Waals surface area contributed by atoms with E-state index in [1.54, 1.807) is 43.5 Å². The normalized spacial score (nSPS) is 10.5. The van der Waals surface area contributed by atoms with Gasteiger partial charge in [-0.2, -0.15) is 0 Å². The number of rotatable bonds is 7. The highest BCUT2D eigenvalue weighted by molar-refractivity contribution is 6.31. The molecule has 0 atom stereocenters. The minimum atomic E-state index is -0.294. The van der Waals surface area contributed by atoms with E-state index in [0.29, 0.717) is 23.1 Å². The lowest BCUT2D eigenvalue weighted by molar-refractivity contribution is 0.284. The summed E-state index contributed by atoms with van der Waals surface area (Å²) in [5, 5.41) is 3.69.